The van der Waals surface area contributed by atoms with Crippen LogP contribution in [0.2, 0.25) is 0 Å². The summed E-state index contributed by atoms with van der Waals surface area (Å²) in [5.41, 5.74) is 1.41. The molecular weight excluding hydrogens is 736 g/mol. The predicted molar refractivity (Wildman–Crippen MR) is 209 cm³/mol. The van der Waals surface area contributed by atoms with E-state index in [2.05, 4.69) is 67.5 Å². The summed E-state index contributed by atoms with van der Waals surface area (Å²) in [6.45, 7) is 19.0. The lowest BCUT2D eigenvalue weighted by Crippen LogP contribution is -2.63. The summed E-state index contributed by atoms with van der Waals surface area (Å²) in [6.07, 6.45) is -2.07. The van der Waals surface area contributed by atoms with Crippen molar-refractivity contribution in [1.29, 1.82) is 0 Å². The van der Waals surface area contributed by atoms with Crippen LogP contribution in [0.25, 0.3) is 0 Å². The van der Waals surface area contributed by atoms with Crippen molar-refractivity contribution in [2.75, 3.05) is 20.3 Å². The number of hydrogen-bond acceptors (Lipinski definition) is 13. The average Bonchev–Trinajstić information content (AvgIpc) is 3.37. The van der Waals surface area contributed by atoms with Gasteiger partial charge in [0.15, 0.2) is 12.6 Å². The number of hydrogen-bond donors (Lipinski definition) is 6. The second kappa shape index (κ2) is 16.8. The van der Waals surface area contributed by atoms with E-state index >= 15 is 0 Å². The van der Waals surface area contributed by atoms with Gasteiger partial charge >= 0.3 is 5.97 Å². The zero-order valence-corrected chi connectivity index (χ0v) is 35.8. The quantitative estimate of drug-likeness (QED) is 0.131. The summed E-state index contributed by atoms with van der Waals surface area (Å²) in [5, 5.41) is 64.1. The number of esters is 1. The molecular formula is C44H72O13. The van der Waals surface area contributed by atoms with Crippen molar-refractivity contribution in [3.05, 3.63) is 23.3 Å². The molecule has 57 heavy (non-hydrogen) atoms. The van der Waals surface area contributed by atoms with Crippen molar-refractivity contribution in [2.24, 2.45) is 45.3 Å². The van der Waals surface area contributed by atoms with Crippen molar-refractivity contribution in [3.63, 3.8) is 0 Å². The Morgan fingerprint density at radius 2 is 1.58 bits per heavy atom. The second-order valence-electron chi connectivity index (χ2n) is 19.9. The van der Waals surface area contributed by atoms with Crippen molar-refractivity contribution >= 4 is 5.97 Å². The van der Waals surface area contributed by atoms with E-state index in [1.807, 2.05) is 0 Å². The highest BCUT2D eigenvalue weighted by molar-refractivity contribution is 5.65. The summed E-state index contributed by atoms with van der Waals surface area (Å²) < 4.78 is 36.9. The summed E-state index contributed by atoms with van der Waals surface area (Å²) in [5.74, 6) is 0.0682. The van der Waals surface area contributed by atoms with Crippen LogP contribution in [0.3, 0.4) is 0 Å². The van der Waals surface area contributed by atoms with Gasteiger partial charge in [-0.1, -0.05) is 64.8 Å². The van der Waals surface area contributed by atoms with E-state index in [1.54, 1.807) is 7.11 Å². The molecule has 6 aliphatic rings. The van der Waals surface area contributed by atoms with Gasteiger partial charge in [0.25, 0.3) is 0 Å². The number of rotatable bonds is 11. The fourth-order valence-electron chi connectivity index (χ4n) is 12.8. The van der Waals surface area contributed by atoms with Gasteiger partial charge in [-0.25, -0.2) is 0 Å². The maximum atomic E-state index is 11.6. The fraction of sp³-hybridized carbons (Fsp3) is 0.886. The zero-order chi connectivity index (χ0) is 42.0. The molecule has 4 aliphatic carbocycles. The van der Waals surface area contributed by atoms with E-state index in [4.69, 9.17) is 28.4 Å². The summed E-state index contributed by atoms with van der Waals surface area (Å²) in [4.78, 5) is 11.6. The van der Waals surface area contributed by atoms with Gasteiger partial charge < -0.3 is 59.1 Å². The molecule has 13 heteroatoms. The number of carbonyl (C=O) groups excluding carboxylic acids is 1. The standard InChI is InChI=1S/C44H72O13/c1-22(2)12-11-13-23(3)32-29(55-40-37(51)35(49)34(48)30(56-40)21-53-24(4)45)19-44(9)38-28(52-10)18-26-25(42(38,7)16-17-43(32,44)8)14-15-31(41(26,5)6)57-39-36(50)33(47)27(46)20-54-39/h12,18,23,25,27-40,46-51H,11,13-17,19-21H2,1-10H3/t23-,25+,27-,28-,29-,30-,31?,32+,33+,34-,35+,36-,37-,38?,39+,40-,42-,43-,44+/m1/s1. The largest absolute Gasteiger partial charge is 0.463 e. The molecule has 326 valence electrons. The first kappa shape index (κ1) is 45.0. The number of aliphatic hydroxyl groups is 6. The third-order valence-corrected chi connectivity index (χ3v) is 16.0. The van der Waals surface area contributed by atoms with E-state index in [0.29, 0.717) is 6.42 Å². The van der Waals surface area contributed by atoms with Crippen molar-refractivity contribution in [3.8, 4) is 0 Å². The predicted octanol–water partition coefficient (Wildman–Crippen LogP) is 3.79. The van der Waals surface area contributed by atoms with Gasteiger partial charge in [-0.05, 0) is 92.8 Å². The lowest BCUT2D eigenvalue weighted by atomic mass is 9.38. The van der Waals surface area contributed by atoms with Gasteiger partial charge in [-0.3, -0.25) is 4.79 Å². The molecule has 2 saturated heterocycles. The van der Waals surface area contributed by atoms with Crippen LogP contribution in [0, 0.1) is 45.3 Å². The highest BCUT2D eigenvalue weighted by Gasteiger charge is 2.72. The van der Waals surface area contributed by atoms with Crippen LogP contribution in [0.1, 0.15) is 107 Å². The molecule has 0 aromatic heterocycles. The lowest BCUT2D eigenvalue weighted by molar-refractivity contribution is -0.316. The Bertz CT molecular complexity index is 1500. The lowest BCUT2D eigenvalue weighted by Gasteiger charge is -2.67. The number of methoxy groups -OCH3 is 1. The van der Waals surface area contributed by atoms with Gasteiger partial charge in [-0.2, -0.15) is 0 Å². The van der Waals surface area contributed by atoms with E-state index in [0.717, 1.165) is 38.5 Å². The molecule has 0 bridgehead atoms. The Kier molecular flexibility index (Phi) is 13.2. The molecule has 6 rings (SSSR count). The van der Waals surface area contributed by atoms with E-state index in [1.165, 1.54) is 18.1 Å². The van der Waals surface area contributed by atoms with Crippen molar-refractivity contribution in [1.82, 2.24) is 0 Å². The number of ether oxygens (including phenoxy) is 6. The Morgan fingerprint density at radius 3 is 2.23 bits per heavy atom. The van der Waals surface area contributed by atoms with Crippen LogP contribution >= 0.6 is 0 Å². The van der Waals surface area contributed by atoms with Gasteiger partial charge in [0.2, 0.25) is 0 Å². The zero-order valence-electron chi connectivity index (χ0n) is 35.8. The van der Waals surface area contributed by atoms with Crippen molar-refractivity contribution in [2.45, 2.75) is 181 Å². The molecule has 2 heterocycles. The first-order valence-corrected chi connectivity index (χ1v) is 21.3. The molecule has 5 fully saturated rings. The molecule has 0 amide bonds. The molecule has 13 nitrogen and oxygen atoms in total. The van der Waals surface area contributed by atoms with E-state index in [-0.39, 0.29) is 71.4 Å². The number of aliphatic hydroxyl groups excluding tert-OH is 6. The van der Waals surface area contributed by atoms with Crippen LogP contribution in [-0.2, 0) is 33.2 Å². The fourth-order valence-corrected chi connectivity index (χ4v) is 12.8. The van der Waals surface area contributed by atoms with Crippen LogP contribution in [-0.4, -0.2) is 131 Å². The Morgan fingerprint density at radius 1 is 0.895 bits per heavy atom. The van der Waals surface area contributed by atoms with Gasteiger partial charge in [0, 0.05) is 25.4 Å². The molecule has 3 saturated carbocycles. The molecule has 0 spiro atoms. The Labute approximate surface area is 339 Å². The Balaban J connectivity index is 1.34. The smallest absolute Gasteiger partial charge is 0.302 e. The molecule has 2 unspecified atom stereocenters. The monoisotopic (exact) mass is 808 g/mol. The molecule has 0 aromatic carbocycles. The minimum atomic E-state index is -1.55. The highest BCUT2D eigenvalue weighted by atomic mass is 16.7. The summed E-state index contributed by atoms with van der Waals surface area (Å²) in [7, 11) is 1.78. The first-order chi connectivity index (χ1) is 26.6. The minimum Gasteiger partial charge on any atom is -0.463 e. The SMILES string of the molecule is CO[C@@H]1C=C2[C@H](CCC(O[C@@H]3OC[C@@H](O)[C@H](O)[C@H]3O)C2(C)C)[C@@]2(C)CC[C@]3(C)[C@@H]([C@H](C)CCC=C(C)C)[C@H](O[C@@H]4O[C@H](COC(C)=O)[C@@H](O)[C@H](O)[C@H]4O)C[C@@]3(C)C12. The minimum absolute atomic E-state index is 0.0589. The highest BCUT2D eigenvalue weighted by Crippen LogP contribution is 2.75. The Hall–Kier alpha value is -1.49. The van der Waals surface area contributed by atoms with Gasteiger partial charge in [0.1, 0.15) is 49.3 Å². The van der Waals surface area contributed by atoms with Crippen molar-refractivity contribution < 1.29 is 63.9 Å². The third kappa shape index (κ3) is 7.83. The average molecular weight is 809 g/mol. The normalized spacial score (nSPS) is 48.5. The third-order valence-electron chi connectivity index (χ3n) is 16.0. The van der Waals surface area contributed by atoms with Crippen LogP contribution < -0.4 is 0 Å². The topological polar surface area (TPSA) is 194 Å². The molecule has 6 N–H and O–H groups in total. The first-order valence-electron chi connectivity index (χ1n) is 21.3. The second-order valence-corrected chi connectivity index (χ2v) is 19.9. The van der Waals surface area contributed by atoms with Crippen LogP contribution in [0.15, 0.2) is 23.3 Å². The van der Waals surface area contributed by atoms with E-state index in [9.17, 15) is 35.4 Å². The maximum Gasteiger partial charge on any atom is 0.302 e. The molecule has 0 radical (unpaired) electrons. The molecule has 0 aromatic rings. The maximum absolute atomic E-state index is 11.6. The molecule has 19 atom stereocenters. The van der Waals surface area contributed by atoms with Crippen LogP contribution in [0.5, 0.6) is 0 Å². The summed E-state index contributed by atoms with van der Waals surface area (Å²) in [6, 6.07) is 0. The number of fused-ring (bicyclic) bond motifs is 5. The number of allylic oxidation sites excluding steroid dienone is 2. The van der Waals surface area contributed by atoms with Gasteiger partial charge in [0.05, 0.1) is 24.9 Å². The number of carbonyl (C=O) groups is 1. The summed E-state index contributed by atoms with van der Waals surface area (Å²) >= 11 is 0. The van der Waals surface area contributed by atoms with Gasteiger partial charge in [-0.15, -0.1) is 0 Å². The van der Waals surface area contributed by atoms with E-state index < -0.39 is 66.7 Å². The molecule has 2 aliphatic heterocycles. The van der Waals surface area contributed by atoms with Crippen LogP contribution in [0.4, 0.5) is 0 Å².